The first-order valence-corrected chi connectivity index (χ1v) is 7.41. The van der Waals surface area contributed by atoms with Crippen molar-refractivity contribution in [1.82, 2.24) is 0 Å². The van der Waals surface area contributed by atoms with E-state index >= 15 is 0 Å². The summed E-state index contributed by atoms with van der Waals surface area (Å²) in [6.45, 7) is 3.17. The maximum atomic E-state index is 3.54. The van der Waals surface area contributed by atoms with E-state index in [-0.39, 0.29) is 0 Å². The largest absolute Gasteiger partial charge is 0.385 e. The number of nitrogens with one attached hydrogen (secondary N) is 1. The lowest BCUT2D eigenvalue weighted by atomic mass is 10.2. The van der Waals surface area contributed by atoms with Crippen LogP contribution in [0.1, 0.15) is 18.4 Å². The molecule has 0 radical (unpaired) electrons. The van der Waals surface area contributed by atoms with Gasteiger partial charge in [-0.05, 0) is 49.5 Å². The van der Waals surface area contributed by atoms with Crippen molar-refractivity contribution in [3.63, 3.8) is 0 Å². The molecule has 0 spiro atoms. The summed E-state index contributed by atoms with van der Waals surface area (Å²) in [7, 11) is 0. The van der Waals surface area contributed by atoms with Crippen molar-refractivity contribution < 1.29 is 0 Å². The van der Waals surface area contributed by atoms with E-state index in [1.807, 2.05) is 11.8 Å². The van der Waals surface area contributed by atoms with E-state index in [9.17, 15) is 0 Å². The fourth-order valence-electron chi connectivity index (χ4n) is 1.31. The number of aryl methyl sites for hydroxylation is 1. The van der Waals surface area contributed by atoms with Crippen molar-refractivity contribution in [2.45, 2.75) is 19.8 Å². The summed E-state index contributed by atoms with van der Waals surface area (Å²) in [5, 5.41) is 3.43. The number of hydrogen-bond donors (Lipinski definition) is 1. The summed E-state index contributed by atoms with van der Waals surface area (Å²) in [4.78, 5) is 0. The lowest BCUT2D eigenvalue weighted by molar-refractivity contribution is 0.843. The number of unbranched alkanes of at least 4 members (excludes halogenated alkanes) is 1. The predicted octanol–water partition coefficient (Wildman–Crippen LogP) is 4.31. The minimum Gasteiger partial charge on any atom is -0.385 e. The van der Waals surface area contributed by atoms with Gasteiger partial charge in [0.2, 0.25) is 0 Å². The number of benzene rings is 1. The van der Waals surface area contributed by atoms with Crippen LogP contribution >= 0.6 is 27.7 Å². The van der Waals surface area contributed by atoms with Crippen LogP contribution in [0.4, 0.5) is 5.69 Å². The zero-order valence-electron chi connectivity index (χ0n) is 9.35. The van der Waals surface area contributed by atoms with Crippen LogP contribution < -0.4 is 5.32 Å². The number of anilines is 1. The maximum Gasteiger partial charge on any atom is 0.0351 e. The van der Waals surface area contributed by atoms with E-state index in [2.05, 4.69) is 52.6 Å². The topological polar surface area (TPSA) is 12.0 Å². The fourth-order valence-corrected chi connectivity index (χ4v) is 2.18. The van der Waals surface area contributed by atoms with Gasteiger partial charge in [0, 0.05) is 16.7 Å². The highest BCUT2D eigenvalue weighted by molar-refractivity contribution is 9.10. The first kappa shape index (κ1) is 12.9. The van der Waals surface area contributed by atoms with Crippen LogP contribution in [0.2, 0.25) is 0 Å². The zero-order chi connectivity index (χ0) is 11.1. The Morgan fingerprint density at radius 2 is 2.13 bits per heavy atom. The summed E-state index contributed by atoms with van der Waals surface area (Å²) >= 11 is 5.45. The number of halogens is 1. The van der Waals surface area contributed by atoms with Gasteiger partial charge < -0.3 is 5.32 Å². The Bertz CT molecular complexity index is 302. The van der Waals surface area contributed by atoms with Gasteiger partial charge in [0.25, 0.3) is 0 Å². The third-order valence-electron chi connectivity index (χ3n) is 2.28. The van der Waals surface area contributed by atoms with Crippen molar-refractivity contribution >= 4 is 33.4 Å². The van der Waals surface area contributed by atoms with E-state index in [1.54, 1.807) is 0 Å². The highest BCUT2D eigenvalue weighted by atomic mass is 79.9. The van der Waals surface area contributed by atoms with Gasteiger partial charge in [0.1, 0.15) is 0 Å². The van der Waals surface area contributed by atoms with E-state index < -0.39 is 0 Å². The van der Waals surface area contributed by atoms with E-state index in [1.165, 1.54) is 34.3 Å². The molecule has 1 N–H and O–H groups in total. The highest BCUT2D eigenvalue weighted by Crippen LogP contribution is 2.20. The van der Waals surface area contributed by atoms with Gasteiger partial charge in [-0.25, -0.2) is 0 Å². The third-order valence-corrected chi connectivity index (χ3v) is 3.83. The molecule has 0 unspecified atom stereocenters. The third kappa shape index (κ3) is 4.94. The van der Waals surface area contributed by atoms with Crippen molar-refractivity contribution in [2.75, 3.05) is 23.9 Å². The van der Waals surface area contributed by atoms with E-state index in [0.717, 1.165) is 6.54 Å². The molecule has 0 heterocycles. The summed E-state index contributed by atoms with van der Waals surface area (Å²) < 4.78 is 1.18. The predicted molar refractivity (Wildman–Crippen MR) is 75.0 cm³/mol. The van der Waals surface area contributed by atoms with Crippen LogP contribution in [-0.4, -0.2) is 18.6 Å². The Balaban J connectivity index is 2.28. The second-order valence-corrected chi connectivity index (χ2v) is 5.43. The van der Waals surface area contributed by atoms with E-state index in [4.69, 9.17) is 0 Å². The average molecular weight is 288 g/mol. The van der Waals surface area contributed by atoms with Crippen LogP contribution in [0.15, 0.2) is 22.7 Å². The summed E-state index contributed by atoms with van der Waals surface area (Å²) in [6, 6.07) is 6.41. The Morgan fingerprint density at radius 3 is 2.80 bits per heavy atom. The second kappa shape index (κ2) is 7.18. The van der Waals surface area contributed by atoms with Crippen LogP contribution in [-0.2, 0) is 0 Å². The average Bonchev–Trinajstić information content (AvgIpc) is 2.23. The molecule has 0 aliphatic carbocycles. The molecule has 1 aromatic rings. The lowest BCUT2D eigenvalue weighted by Gasteiger charge is -2.07. The molecule has 0 aromatic heterocycles. The first-order valence-electron chi connectivity index (χ1n) is 5.23. The Labute approximate surface area is 105 Å². The molecular formula is C12H18BrNS. The Morgan fingerprint density at radius 1 is 1.33 bits per heavy atom. The number of hydrogen-bond acceptors (Lipinski definition) is 2. The number of thioether (sulfide) groups is 1. The van der Waals surface area contributed by atoms with Crippen molar-refractivity contribution in [3.05, 3.63) is 28.2 Å². The second-order valence-electron chi connectivity index (χ2n) is 3.59. The van der Waals surface area contributed by atoms with Crippen LogP contribution in [0, 0.1) is 6.92 Å². The van der Waals surface area contributed by atoms with Crippen LogP contribution in [0.5, 0.6) is 0 Å². The van der Waals surface area contributed by atoms with Gasteiger partial charge in [-0.1, -0.05) is 22.0 Å². The SMILES string of the molecule is CSCCCCNc1ccc(C)c(Br)c1. The van der Waals surface area contributed by atoms with Gasteiger partial charge in [0.15, 0.2) is 0 Å². The van der Waals surface area contributed by atoms with Gasteiger partial charge in [0.05, 0.1) is 0 Å². The summed E-state index contributed by atoms with van der Waals surface area (Å²) in [5.74, 6) is 1.26. The Hall–Kier alpha value is -0.150. The quantitative estimate of drug-likeness (QED) is 0.783. The van der Waals surface area contributed by atoms with Gasteiger partial charge in [-0.15, -0.1) is 0 Å². The van der Waals surface area contributed by atoms with Crippen molar-refractivity contribution in [2.24, 2.45) is 0 Å². The fraction of sp³-hybridized carbons (Fsp3) is 0.500. The van der Waals surface area contributed by atoms with E-state index in [0.29, 0.717) is 0 Å². The summed E-state index contributed by atoms with van der Waals surface area (Å²) in [5.41, 5.74) is 2.49. The molecule has 0 aliphatic heterocycles. The van der Waals surface area contributed by atoms with Gasteiger partial charge in [-0.3, -0.25) is 0 Å². The summed E-state index contributed by atoms with van der Waals surface area (Å²) in [6.07, 6.45) is 4.69. The van der Waals surface area contributed by atoms with Gasteiger partial charge in [-0.2, -0.15) is 11.8 Å². The molecule has 0 atom stereocenters. The molecule has 1 nitrogen and oxygen atoms in total. The number of rotatable bonds is 6. The smallest absolute Gasteiger partial charge is 0.0351 e. The zero-order valence-corrected chi connectivity index (χ0v) is 11.7. The Kier molecular flexibility index (Phi) is 6.18. The van der Waals surface area contributed by atoms with Crippen LogP contribution in [0.25, 0.3) is 0 Å². The molecule has 15 heavy (non-hydrogen) atoms. The molecule has 1 rings (SSSR count). The van der Waals surface area contributed by atoms with Crippen LogP contribution in [0.3, 0.4) is 0 Å². The highest BCUT2D eigenvalue weighted by Gasteiger charge is 1.96. The monoisotopic (exact) mass is 287 g/mol. The molecular weight excluding hydrogens is 270 g/mol. The minimum atomic E-state index is 1.07. The molecule has 84 valence electrons. The molecule has 0 fully saturated rings. The van der Waals surface area contributed by atoms with Crippen molar-refractivity contribution in [1.29, 1.82) is 0 Å². The molecule has 0 saturated carbocycles. The maximum absolute atomic E-state index is 3.54. The van der Waals surface area contributed by atoms with Crippen molar-refractivity contribution in [3.8, 4) is 0 Å². The normalized spacial score (nSPS) is 10.3. The molecule has 0 bridgehead atoms. The standard InChI is InChI=1S/C12H18BrNS/c1-10-5-6-11(9-12(10)13)14-7-3-4-8-15-2/h5-6,9,14H,3-4,7-8H2,1-2H3. The first-order chi connectivity index (χ1) is 7.24. The molecule has 0 aliphatic rings. The molecule has 0 saturated heterocycles. The lowest BCUT2D eigenvalue weighted by Crippen LogP contribution is -2.01. The molecule has 0 amide bonds. The van der Waals surface area contributed by atoms with Gasteiger partial charge >= 0.3 is 0 Å². The molecule has 1 aromatic carbocycles. The molecule has 3 heteroatoms. The minimum absolute atomic E-state index is 1.07.